The van der Waals surface area contributed by atoms with Crippen molar-refractivity contribution in [3.8, 4) is 0 Å². The Kier molecular flexibility index (Phi) is 3.02. The van der Waals surface area contributed by atoms with Gasteiger partial charge in [0.1, 0.15) is 0 Å². The van der Waals surface area contributed by atoms with E-state index in [1.807, 2.05) is 0 Å². The van der Waals surface area contributed by atoms with Crippen LogP contribution < -0.4 is 5.32 Å². The van der Waals surface area contributed by atoms with Gasteiger partial charge in [0.2, 0.25) is 6.41 Å². The van der Waals surface area contributed by atoms with Gasteiger partial charge in [-0.2, -0.15) is 0 Å². The highest BCUT2D eigenvalue weighted by Crippen LogP contribution is 2.10. The summed E-state index contributed by atoms with van der Waals surface area (Å²) in [6.45, 7) is 1.99. The fourth-order valence-corrected chi connectivity index (χ4v) is 1.39. The van der Waals surface area contributed by atoms with Gasteiger partial charge in [0.25, 0.3) is 0 Å². The molecule has 4 heteroatoms. The molecular formula is C6H12N2OS. The number of nitrogens with one attached hydrogen (secondary N) is 1. The molecule has 1 rings (SSSR count). The molecule has 3 nitrogen and oxygen atoms in total. The Morgan fingerprint density at radius 1 is 1.50 bits per heavy atom. The van der Waals surface area contributed by atoms with E-state index in [1.54, 1.807) is 0 Å². The Bertz CT molecular complexity index is 114. The van der Waals surface area contributed by atoms with E-state index in [0.29, 0.717) is 6.04 Å². The molecule has 1 N–H and O–H groups in total. The molecule has 0 aromatic carbocycles. The van der Waals surface area contributed by atoms with Crippen molar-refractivity contribution in [3.05, 3.63) is 0 Å². The van der Waals surface area contributed by atoms with Crippen LogP contribution in [0.2, 0.25) is 0 Å². The Hall–Kier alpha value is -0.220. The van der Waals surface area contributed by atoms with Gasteiger partial charge >= 0.3 is 0 Å². The lowest BCUT2D eigenvalue weighted by Gasteiger charge is -2.27. The molecule has 1 aliphatic heterocycles. The summed E-state index contributed by atoms with van der Waals surface area (Å²) in [5.74, 6) is 0. The van der Waals surface area contributed by atoms with Crippen molar-refractivity contribution in [1.82, 2.24) is 9.62 Å². The lowest BCUT2D eigenvalue weighted by atomic mass is 10.1. The van der Waals surface area contributed by atoms with Gasteiger partial charge in [-0.3, -0.25) is 9.10 Å². The highest BCUT2D eigenvalue weighted by Gasteiger charge is 2.16. The zero-order valence-corrected chi connectivity index (χ0v) is 6.68. The van der Waals surface area contributed by atoms with Crippen molar-refractivity contribution in [2.45, 2.75) is 18.9 Å². The van der Waals surface area contributed by atoms with Crippen molar-refractivity contribution in [2.75, 3.05) is 13.1 Å². The van der Waals surface area contributed by atoms with Crippen LogP contribution in [0.3, 0.4) is 0 Å². The molecule has 58 valence electrons. The number of thiol groups is 1. The highest BCUT2D eigenvalue weighted by molar-refractivity contribution is 7.78. The summed E-state index contributed by atoms with van der Waals surface area (Å²) in [6, 6.07) is 0.335. The lowest BCUT2D eigenvalue weighted by Crippen LogP contribution is -2.38. The van der Waals surface area contributed by atoms with Crippen molar-refractivity contribution >= 4 is 19.2 Å². The SMILES string of the molecule is O=CN(S)C1CCNCC1. The number of hydrogen-bond acceptors (Lipinski definition) is 3. The Balaban J connectivity index is 2.30. The van der Waals surface area contributed by atoms with Crippen LogP contribution in [0, 0.1) is 0 Å². The van der Waals surface area contributed by atoms with Gasteiger partial charge < -0.3 is 5.32 Å². The molecule has 0 aromatic heterocycles. The third-order valence-electron chi connectivity index (χ3n) is 1.79. The number of carbonyl (C=O) groups excluding carboxylic acids is 1. The Morgan fingerprint density at radius 2 is 2.10 bits per heavy atom. The summed E-state index contributed by atoms with van der Waals surface area (Å²) in [4.78, 5) is 10.2. The van der Waals surface area contributed by atoms with E-state index in [4.69, 9.17) is 0 Å². The van der Waals surface area contributed by atoms with Gasteiger partial charge in [0, 0.05) is 6.04 Å². The molecular weight excluding hydrogens is 148 g/mol. The molecule has 0 aromatic rings. The van der Waals surface area contributed by atoms with E-state index in [1.165, 1.54) is 4.31 Å². The van der Waals surface area contributed by atoms with Crippen LogP contribution in [0.1, 0.15) is 12.8 Å². The second kappa shape index (κ2) is 3.83. The van der Waals surface area contributed by atoms with Crippen LogP contribution >= 0.6 is 12.8 Å². The largest absolute Gasteiger partial charge is 0.317 e. The van der Waals surface area contributed by atoms with Crippen molar-refractivity contribution in [2.24, 2.45) is 0 Å². The molecule has 1 saturated heterocycles. The monoisotopic (exact) mass is 160 g/mol. The van der Waals surface area contributed by atoms with Gasteiger partial charge in [-0.15, -0.1) is 0 Å². The number of rotatable bonds is 2. The van der Waals surface area contributed by atoms with E-state index in [2.05, 4.69) is 18.1 Å². The molecule has 1 aliphatic rings. The van der Waals surface area contributed by atoms with Crippen LogP contribution in [-0.2, 0) is 4.79 Å². The smallest absolute Gasteiger partial charge is 0.219 e. The lowest BCUT2D eigenvalue weighted by molar-refractivity contribution is -0.115. The number of piperidine rings is 1. The van der Waals surface area contributed by atoms with Gasteiger partial charge in [0.05, 0.1) is 0 Å². The van der Waals surface area contributed by atoms with Crippen molar-refractivity contribution < 1.29 is 4.79 Å². The highest BCUT2D eigenvalue weighted by atomic mass is 32.1. The fraction of sp³-hybridized carbons (Fsp3) is 0.833. The maximum absolute atomic E-state index is 10.2. The molecule has 0 saturated carbocycles. The zero-order chi connectivity index (χ0) is 7.40. The summed E-state index contributed by atoms with van der Waals surface area (Å²) in [6.07, 6.45) is 2.81. The predicted molar refractivity (Wildman–Crippen MR) is 42.8 cm³/mol. The maximum Gasteiger partial charge on any atom is 0.219 e. The minimum atomic E-state index is 0.335. The molecule has 0 bridgehead atoms. The van der Waals surface area contributed by atoms with Gasteiger partial charge in [0.15, 0.2) is 0 Å². The number of amides is 1. The summed E-state index contributed by atoms with van der Waals surface area (Å²) < 4.78 is 1.46. The zero-order valence-electron chi connectivity index (χ0n) is 5.79. The molecule has 0 radical (unpaired) electrons. The van der Waals surface area contributed by atoms with Gasteiger partial charge in [-0.1, -0.05) is 12.8 Å². The van der Waals surface area contributed by atoms with Crippen LogP contribution in [-0.4, -0.2) is 29.8 Å². The molecule has 0 aliphatic carbocycles. The molecule has 0 unspecified atom stereocenters. The second-order valence-electron chi connectivity index (χ2n) is 2.47. The van der Waals surface area contributed by atoms with Crippen LogP contribution in [0.25, 0.3) is 0 Å². The molecule has 1 heterocycles. The molecule has 1 fully saturated rings. The first-order valence-corrected chi connectivity index (χ1v) is 3.88. The van der Waals surface area contributed by atoms with E-state index >= 15 is 0 Å². The van der Waals surface area contributed by atoms with Crippen molar-refractivity contribution in [3.63, 3.8) is 0 Å². The van der Waals surface area contributed by atoms with Gasteiger partial charge in [-0.25, -0.2) is 0 Å². The predicted octanol–water partition coefficient (Wildman–Crippen LogP) is 0.0416. The fourth-order valence-electron chi connectivity index (χ4n) is 1.16. The quantitative estimate of drug-likeness (QED) is 0.441. The van der Waals surface area contributed by atoms with E-state index < -0.39 is 0 Å². The summed E-state index contributed by atoms with van der Waals surface area (Å²) >= 11 is 4.01. The molecule has 10 heavy (non-hydrogen) atoms. The first-order valence-electron chi connectivity index (χ1n) is 3.48. The third-order valence-corrected chi connectivity index (χ3v) is 2.21. The standard InChI is InChI=1S/C6H12N2OS/c9-5-8(10)6-1-3-7-4-2-6/h5-7,10H,1-4H2. The number of hydrogen-bond donors (Lipinski definition) is 2. The first kappa shape index (κ1) is 7.88. The topological polar surface area (TPSA) is 32.3 Å². The Morgan fingerprint density at radius 3 is 2.60 bits per heavy atom. The summed E-state index contributed by atoms with van der Waals surface area (Å²) in [7, 11) is 0. The normalized spacial score (nSPS) is 20.5. The molecule has 1 amide bonds. The van der Waals surface area contributed by atoms with Gasteiger partial charge in [-0.05, 0) is 25.9 Å². The van der Waals surface area contributed by atoms with Crippen LogP contribution in [0.5, 0.6) is 0 Å². The maximum atomic E-state index is 10.2. The van der Waals surface area contributed by atoms with E-state index in [9.17, 15) is 4.79 Å². The third kappa shape index (κ3) is 1.88. The van der Waals surface area contributed by atoms with Crippen LogP contribution in [0.4, 0.5) is 0 Å². The minimum absolute atomic E-state index is 0.335. The average Bonchev–Trinajstić information content (AvgIpc) is 2.05. The average molecular weight is 160 g/mol. The molecule has 0 spiro atoms. The van der Waals surface area contributed by atoms with Crippen LogP contribution in [0.15, 0.2) is 0 Å². The van der Waals surface area contributed by atoms with E-state index in [-0.39, 0.29) is 0 Å². The summed E-state index contributed by atoms with van der Waals surface area (Å²) in [5, 5.41) is 3.22. The number of carbonyl (C=O) groups is 1. The second-order valence-corrected chi connectivity index (χ2v) is 2.93. The Labute approximate surface area is 66.3 Å². The minimum Gasteiger partial charge on any atom is -0.317 e. The van der Waals surface area contributed by atoms with E-state index in [0.717, 1.165) is 32.3 Å². The number of nitrogens with zero attached hydrogens (tertiary/aromatic N) is 1. The summed E-state index contributed by atoms with van der Waals surface area (Å²) in [5.41, 5.74) is 0. The first-order chi connectivity index (χ1) is 4.84. The molecule has 0 atom stereocenters. The van der Waals surface area contributed by atoms with Crippen molar-refractivity contribution in [1.29, 1.82) is 0 Å².